The van der Waals surface area contributed by atoms with Gasteiger partial charge in [0.05, 0.1) is 5.52 Å². The zero-order valence-corrected chi connectivity index (χ0v) is 17.1. The summed E-state index contributed by atoms with van der Waals surface area (Å²) in [5.74, 6) is 0.0391. The molecule has 2 heterocycles. The van der Waals surface area contributed by atoms with Gasteiger partial charge in [0.2, 0.25) is 0 Å². The van der Waals surface area contributed by atoms with Crippen molar-refractivity contribution in [3.63, 3.8) is 0 Å². The number of nitrogens with zero attached hydrogens (tertiary/aromatic N) is 3. The van der Waals surface area contributed by atoms with E-state index in [-0.39, 0.29) is 5.91 Å². The summed E-state index contributed by atoms with van der Waals surface area (Å²) in [6.07, 6.45) is 8.78. The van der Waals surface area contributed by atoms with Crippen molar-refractivity contribution in [2.45, 2.75) is 58.8 Å². The highest BCUT2D eigenvalue weighted by atomic mass is 16.3. The Kier molecular flexibility index (Phi) is 5.74. The van der Waals surface area contributed by atoms with Crippen LogP contribution in [0.5, 0.6) is 0 Å². The number of carbonyl (C=O) groups is 1. The number of furan rings is 1. The first-order valence-electron chi connectivity index (χ1n) is 10.6. The van der Waals surface area contributed by atoms with Crippen molar-refractivity contribution >= 4 is 27.9 Å². The third kappa shape index (κ3) is 3.95. The Morgan fingerprint density at radius 1 is 1.03 bits per heavy atom. The topological polar surface area (TPSA) is 60.9 Å². The molecule has 4 rings (SSSR count). The van der Waals surface area contributed by atoms with Crippen LogP contribution in [0.15, 0.2) is 46.9 Å². The summed E-state index contributed by atoms with van der Waals surface area (Å²) in [6, 6.07) is 13.7. The number of aromatic nitrogens is 3. The third-order valence-electron chi connectivity index (χ3n) is 5.56. The highest BCUT2D eigenvalue weighted by molar-refractivity contribution is 6.03. The lowest BCUT2D eigenvalue weighted by atomic mass is 10.0. The van der Waals surface area contributed by atoms with Crippen molar-refractivity contribution < 1.29 is 9.21 Å². The van der Waals surface area contributed by atoms with E-state index in [2.05, 4.69) is 29.4 Å². The molecule has 4 aromatic rings. The number of rotatable bonds is 8. The number of aryl methyl sites for hydroxylation is 2. The largest absolute Gasteiger partial charge is 0.451 e. The molecular formula is C24H27N3O2. The van der Waals surface area contributed by atoms with E-state index in [1.54, 1.807) is 0 Å². The Bertz CT molecular complexity index is 1140. The molecule has 0 aliphatic carbocycles. The van der Waals surface area contributed by atoms with Gasteiger partial charge in [0.1, 0.15) is 11.1 Å². The molecule has 0 spiro atoms. The lowest BCUT2D eigenvalue weighted by Crippen LogP contribution is -2.13. The number of para-hydroxylation sites is 1. The van der Waals surface area contributed by atoms with Crippen LogP contribution in [0.25, 0.3) is 22.0 Å². The first-order chi connectivity index (χ1) is 14.2. The number of fused-ring (bicyclic) bond motifs is 2. The molecule has 0 saturated carbocycles. The SMILES string of the molecule is CCCCCCCCc1ccc2oc(C(=O)n3nnc4ccccc43)c(C)c2c1. The molecule has 0 aliphatic rings. The van der Waals surface area contributed by atoms with Gasteiger partial charge in [-0.25, -0.2) is 0 Å². The predicted molar refractivity (Wildman–Crippen MR) is 115 cm³/mol. The van der Waals surface area contributed by atoms with E-state index in [0.29, 0.717) is 16.8 Å². The van der Waals surface area contributed by atoms with Crippen molar-refractivity contribution in [2.24, 2.45) is 0 Å². The minimum atomic E-state index is -0.287. The molecule has 29 heavy (non-hydrogen) atoms. The highest BCUT2D eigenvalue weighted by Crippen LogP contribution is 2.28. The molecule has 5 nitrogen and oxygen atoms in total. The summed E-state index contributed by atoms with van der Waals surface area (Å²) in [5.41, 5.74) is 4.26. The lowest BCUT2D eigenvalue weighted by molar-refractivity contribution is 0.0921. The van der Waals surface area contributed by atoms with Crippen LogP contribution in [0, 0.1) is 6.92 Å². The zero-order chi connectivity index (χ0) is 20.2. The molecule has 150 valence electrons. The molecule has 0 radical (unpaired) electrons. The van der Waals surface area contributed by atoms with Gasteiger partial charge in [0, 0.05) is 10.9 Å². The van der Waals surface area contributed by atoms with Crippen LogP contribution in [-0.4, -0.2) is 20.9 Å². The fraction of sp³-hybridized carbons (Fsp3) is 0.375. The molecule has 0 bridgehead atoms. The second kappa shape index (κ2) is 8.60. The molecule has 0 saturated heterocycles. The Morgan fingerprint density at radius 2 is 1.83 bits per heavy atom. The molecule has 5 heteroatoms. The van der Waals surface area contributed by atoms with Gasteiger partial charge >= 0.3 is 5.91 Å². The number of hydrogen-bond acceptors (Lipinski definition) is 4. The van der Waals surface area contributed by atoms with E-state index in [0.717, 1.165) is 23.0 Å². The van der Waals surface area contributed by atoms with Crippen LogP contribution in [0.3, 0.4) is 0 Å². The highest BCUT2D eigenvalue weighted by Gasteiger charge is 2.22. The second-order valence-corrected chi connectivity index (χ2v) is 7.70. The quantitative estimate of drug-likeness (QED) is 0.343. The summed E-state index contributed by atoms with van der Waals surface area (Å²) in [4.78, 5) is 13.1. The molecule has 0 unspecified atom stereocenters. The van der Waals surface area contributed by atoms with Gasteiger partial charge in [0.25, 0.3) is 0 Å². The summed E-state index contributed by atoms with van der Waals surface area (Å²) in [6.45, 7) is 4.18. The number of hydrogen-bond donors (Lipinski definition) is 0. The molecule has 2 aromatic carbocycles. The maximum absolute atomic E-state index is 13.1. The predicted octanol–water partition coefficient (Wildman–Crippen LogP) is 6.08. The number of carbonyl (C=O) groups excluding carboxylic acids is 1. The number of benzene rings is 2. The summed E-state index contributed by atoms with van der Waals surface area (Å²) < 4.78 is 7.24. The first-order valence-corrected chi connectivity index (χ1v) is 10.6. The van der Waals surface area contributed by atoms with E-state index < -0.39 is 0 Å². The van der Waals surface area contributed by atoms with Crippen molar-refractivity contribution in [3.8, 4) is 0 Å². The van der Waals surface area contributed by atoms with Gasteiger partial charge in [-0.05, 0) is 49.6 Å². The van der Waals surface area contributed by atoms with Gasteiger partial charge in [-0.2, -0.15) is 4.68 Å². The molecule has 0 atom stereocenters. The van der Waals surface area contributed by atoms with Gasteiger partial charge in [-0.15, -0.1) is 5.10 Å². The average molecular weight is 389 g/mol. The normalized spacial score (nSPS) is 11.5. The smallest absolute Gasteiger partial charge is 0.316 e. The lowest BCUT2D eigenvalue weighted by Gasteiger charge is -2.02. The molecule has 2 aromatic heterocycles. The Morgan fingerprint density at radius 3 is 2.69 bits per heavy atom. The Hall–Kier alpha value is -2.95. The van der Waals surface area contributed by atoms with Crippen LogP contribution in [-0.2, 0) is 6.42 Å². The summed E-state index contributed by atoms with van der Waals surface area (Å²) in [7, 11) is 0. The van der Waals surface area contributed by atoms with Crippen molar-refractivity contribution in [1.82, 2.24) is 15.0 Å². The van der Waals surface area contributed by atoms with Gasteiger partial charge in [0.15, 0.2) is 5.76 Å². The average Bonchev–Trinajstić information content (AvgIpc) is 3.32. The van der Waals surface area contributed by atoms with Crippen LogP contribution >= 0.6 is 0 Å². The van der Waals surface area contributed by atoms with Gasteiger partial charge < -0.3 is 4.42 Å². The molecule has 0 fully saturated rings. The molecule has 0 N–H and O–H groups in total. The standard InChI is InChI=1S/C24H27N3O2/c1-3-4-5-6-7-8-11-18-14-15-22-19(16-18)17(2)23(29-22)24(28)27-21-13-10-9-12-20(21)25-26-27/h9-10,12-16H,3-8,11H2,1-2H3. The van der Waals surface area contributed by atoms with Crippen molar-refractivity contribution in [1.29, 1.82) is 0 Å². The van der Waals surface area contributed by atoms with Crippen molar-refractivity contribution in [3.05, 3.63) is 59.4 Å². The van der Waals surface area contributed by atoms with E-state index >= 15 is 0 Å². The van der Waals surface area contributed by atoms with E-state index in [4.69, 9.17) is 4.42 Å². The zero-order valence-electron chi connectivity index (χ0n) is 17.1. The first kappa shape index (κ1) is 19.4. The summed E-state index contributed by atoms with van der Waals surface area (Å²) >= 11 is 0. The van der Waals surface area contributed by atoms with Gasteiger partial charge in [-0.3, -0.25) is 4.79 Å². The van der Waals surface area contributed by atoms with Crippen molar-refractivity contribution in [2.75, 3.05) is 0 Å². The van der Waals surface area contributed by atoms with Gasteiger partial charge in [-0.1, -0.05) is 62.4 Å². The van der Waals surface area contributed by atoms with E-state index in [1.165, 1.54) is 48.8 Å². The van der Waals surface area contributed by atoms with E-state index in [1.807, 2.05) is 37.3 Å². The fourth-order valence-electron chi connectivity index (χ4n) is 3.85. The van der Waals surface area contributed by atoms with Crippen LogP contribution in [0.2, 0.25) is 0 Å². The van der Waals surface area contributed by atoms with Crippen LogP contribution in [0.1, 0.15) is 67.1 Å². The fourth-order valence-corrected chi connectivity index (χ4v) is 3.85. The molecule has 0 aliphatic heterocycles. The summed E-state index contributed by atoms with van der Waals surface area (Å²) in [5, 5.41) is 9.10. The monoisotopic (exact) mass is 389 g/mol. The number of unbranched alkanes of at least 4 members (excludes halogenated alkanes) is 5. The van der Waals surface area contributed by atoms with E-state index in [9.17, 15) is 4.79 Å². The second-order valence-electron chi connectivity index (χ2n) is 7.70. The van der Waals surface area contributed by atoms with Crippen LogP contribution in [0.4, 0.5) is 0 Å². The Labute approximate surface area is 170 Å². The molecular weight excluding hydrogens is 362 g/mol. The van der Waals surface area contributed by atoms with Crippen LogP contribution < -0.4 is 0 Å². The maximum Gasteiger partial charge on any atom is 0.316 e. The molecule has 0 amide bonds. The third-order valence-corrected chi connectivity index (χ3v) is 5.56. The minimum Gasteiger partial charge on any atom is -0.451 e. The minimum absolute atomic E-state index is 0.287. The maximum atomic E-state index is 13.1. The Balaban J connectivity index is 1.54.